The van der Waals surface area contributed by atoms with Crippen molar-refractivity contribution in [3.8, 4) is 0 Å². The van der Waals surface area contributed by atoms with Gasteiger partial charge in [0, 0.05) is 0 Å². The summed E-state index contributed by atoms with van der Waals surface area (Å²) in [5.74, 6) is 0. The van der Waals surface area contributed by atoms with E-state index in [0.29, 0.717) is 16.7 Å². The van der Waals surface area contributed by atoms with Gasteiger partial charge in [0.1, 0.15) is 30.4 Å². The summed E-state index contributed by atoms with van der Waals surface area (Å²) >= 11 is 16.7. The van der Waals surface area contributed by atoms with Gasteiger partial charge in [0.25, 0.3) is 0 Å². The summed E-state index contributed by atoms with van der Waals surface area (Å²) in [6.45, 7) is 4.45. The number of aryl methyl sites for hydroxylation is 3. The number of hydrogen-bond acceptors (Lipinski definition) is 12. The Labute approximate surface area is 257 Å². The van der Waals surface area contributed by atoms with Crippen molar-refractivity contribution in [1.82, 2.24) is 0 Å². The summed E-state index contributed by atoms with van der Waals surface area (Å²) in [4.78, 5) is -0.981. The molecule has 0 heterocycles. The van der Waals surface area contributed by atoms with Crippen molar-refractivity contribution in [2.75, 3.05) is 17.2 Å². The van der Waals surface area contributed by atoms with E-state index in [0.717, 1.165) is 18.2 Å². The Kier molecular flexibility index (Phi) is 13.7. The van der Waals surface area contributed by atoms with E-state index in [1.54, 1.807) is 0 Å². The van der Waals surface area contributed by atoms with E-state index < -0.39 is 30.4 Å². The van der Waals surface area contributed by atoms with Gasteiger partial charge in [-0.15, -0.1) is 0 Å². The first-order valence-corrected chi connectivity index (χ1v) is 15.4. The number of rotatable bonds is 3. The van der Waals surface area contributed by atoms with E-state index in [4.69, 9.17) is 52.0 Å². The van der Waals surface area contributed by atoms with Gasteiger partial charge in [0.15, 0.2) is 0 Å². The van der Waals surface area contributed by atoms with Crippen molar-refractivity contribution >= 4 is 82.2 Å². The minimum atomic E-state index is -4.46. The average Bonchev–Trinajstić information content (AvgIpc) is 2.74. The van der Waals surface area contributed by atoms with Crippen molar-refractivity contribution in [3.63, 3.8) is 0 Å². The van der Waals surface area contributed by atoms with E-state index in [2.05, 4.69) is 0 Å². The number of nitrogen functional groups attached to an aromatic ring is 3. The molecule has 0 bridgehead atoms. The fourth-order valence-electron chi connectivity index (χ4n) is 2.86. The minimum Gasteiger partial charge on any atom is -0.744 e. The Morgan fingerprint density at radius 2 is 0.675 bits per heavy atom. The molecule has 3 aromatic rings. The van der Waals surface area contributed by atoms with Gasteiger partial charge in [-0.3, -0.25) is 0 Å². The number of benzene rings is 3. The number of halogens is 3. The maximum absolute atomic E-state index is 10.7. The van der Waals surface area contributed by atoms with Gasteiger partial charge in [-0.25, -0.2) is 25.3 Å². The van der Waals surface area contributed by atoms with E-state index in [1.165, 1.54) is 39.0 Å². The Balaban J connectivity index is 0.000000563. The number of nitrogens with two attached hydrogens (primary N) is 3. The van der Waals surface area contributed by atoms with Crippen LogP contribution in [0.2, 0.25) is 15.1 Å². The first-order valence-electron chi connectivity index (χ1n) is 10.0. The zero-order valence-corrected chi connectivity index (χ0v) is 26.3. The third-order valence-corrected chi connectivity index (χ3v) is 8.61. The summed E-state index contributed by atoms with van der Waals surface area (Å²) in [6.07, 6.45) is 0. The van der Waals surface area contributed by atoms with Crippen molar-refractivity contribution < 1.29 is 55.4 Å². The van der Waals surface area contributed by atoms with E-state index in [1.807, 2.05) is 0 Å². The molecule has 12 nitrogen and oxygen atoms in total. The third kappa shape index (κ3) is 10.9. The van der Waals surface area contributed by atoms with Crippen LogP contribution in [0.15, 0.2) is 51.1 Å². The SMILES string of the molecule is Cc1cc(N)c(Cl)cc1S(=O)(=O)[O-].Cc1cc(N)c(Cl)cc1S(=O)(=O)[O-].Cc1cc(N)c(Cl)cc1S(=O)(=O)[O-].[Ni+3]. The largest absolute Gasteiger partial charge is 3.00 e. The molecule has 40 heavy (non-hydrogen) atoms. The van der Waals surface area contributed by atoms with Gasteiger partial charge in [-0.05, 0) is 73.9 Å². The molecule has 0 saturated carbocycles. The van der Waals surface area contributed by atoms with Crippen LogP contribution in [0.5, 0.6) is 0 Å². The van der Waals surface area contributed by atoms with E-state index >= 15 is 0 Å². The molecule has 223 valence electrons. The second-order valence-corrected chi connectivity index (χ2v) is 13.0. The van der Waals surface area contributed by atoms with E-state index in [9.17, 15) is 38.9 Å². The van der Waals surface area contributed by atoms with Crippen molar-refractivity contribution in [1.29, 1.82) is 0 Å². The third-order valence-electron chi connectivity index (χ3n) is 4.69. The molecular weight excluding hydrogens is 699 g/mol. The van der Waals surface area contributed by atoms with Gasteiger partial charge in [-0.2, -0.15) is 0 Å². The molecular formula is C21H21Cl3N3NiO9S3. The number of anilines is 3. The topological polar surface area (TPSA) is 250 Å². The molecule has 6 N–H and O–H groups in total. The normalized spacial score (nSPS) is 11.3. The molecule has 0 aromatic heterocycles. The van der Waals surface area contributed by atoms with Crippen molar-refractivity contribution in [2.45, 2.75) is 35.5 Å². The molecule has 1 radical (unpaired) electrons. The fraction of sp³-hybridized carbons (Fsp3) is 0.143. The monoisotopic (exact) mass is 718 g/mol. The molecule has 0 aliphatic carbocycles. The Morgan fingerprint density at radius 3 is 0.825 bits per heavy atom. The molecule has 0 saturated heterocycles. The molecule has 0 amide bonds. The van der Waals surface area contributed by atoms with Crippen LogP contribution in [0.3, 0.4) is 0 Å². The van der Waals surface area contributed by atoms with Crippen LogP contribution < -0.4 is 17.2 Å². The quantitative estimate of drug-likeness (QED) is 0.200. The summed E-state index contributed by atoms with van der Waals surface area (Å²) in [7, 11) is -13.4. The summed E-state index contributed by atoms with van der Waals surface area (Å²) in [5, 5.41) is 0.208. The predicted octanol–water partition coefficient (Wildman–Crippen LogP) is 3.40. The standard InChI is InChI=1S/3C7H8ClNO3S.Ni/c3*1-4-2-6(9)5(8)3-7(4)13(10,11)12;/h3*2-3H,9H2,1H3,(H,10,11,12);/q;;;+3/p-3. The van der Waals surface area contributed by atoms with Crippen molar-refractivity contribution in [2.24, 2.45) is 0 Å². The van der Waals surface area contributed by atoms with Gasteiger partial charge in [0.2, 0.25) is 0 Å². The molecule has 3 aromatic carbocycles. The van der Waals surface area contributed by atoms with Crippen LogP contribution in [-0.4, -0.2) is 38.9 Å². The minimum absolute atomic E-state index is 0. The van der Waals surface area contributed by atoms with Crippen molar-refractivity contribution in [3.05, 3.63) is 68.2 Å². The van der Waals surface area contributed by atoms with Crippen LogP contribution in [0, 0.1) is 20.8 Å². The molecule has 3 rings (SSSR count). The van der Waals surface area contributed by atoms with Crippen LogP contribution in [0.25, 0.3) is 0 Å². The van der Waals surface area contributed by atoms with Crippen LogP contribution >= 0.6 is 34.8 Å². The predicted molar refractivity (Wildman–Crippen MR) is 146 cm³/mol. The molecule has 0 spiro atoms. The first kappa shape index (κ1) is 38.2. The van der Waals surface area contributed by atoms with Crippen LogP contribution in [0.1, 0.15) is 16.7 Å². The zero-order chi connectivity index (χ0) is 30.7. The van der Waals surface area contributed by atoms with Crippen LogP contribution in [0.4, 0.5) is 17.1 Å². The maximum Gasteiger partial charge on any atom is 3.00 e. The molecule has 0 unspecified atom stereocenters. The molecule has 0 aliphatic heterocycles. The zero-order valence-electron chi connectivity index (χ0n) is 20.5. The van der Waals surface area contributed by atoms with Gasteiger partial charge in [-0.1, -0.05) is 34.8 Å². The summed E-state index contributed by atoms with van der Waals surface area (Å²) in [5.41, 5.74) is 17.9. The van der Waals surface area contributed by atoms with Gasteiger partial charge >= 0.3 is 16.5 Å². The second-order valence-electron chi connectivity index (χ2n) is 7.78. The smallest absolute Gasteiger partial charge is 0.744 e. The van der Waals surface area contributed by atoms with Gasteiger partial charge in [0.05, 0.1) is 46.8 Å². The second kappa shape index (κ2) is 14.4. The summed E-state index contributed by atoms with van der Waals surface area (Å²) in [6, 6.07) is 7.25. The maximum atomic E-state index is 10.7. The molecule has 0 fully saturated rings. The fourth-order valence-corrected chi connectivity index (χ4v) is 5.70. The van der Waals surface area contributed by atoms with Gasteiger partial charge < -0.3 is 30.9 Å². The summed E-state index contributed by atoms with van der Waals surface area (Å²) < 4.78 is 96.0. The van der Waals surface area contributed by atoms with E-state index in [-0.39, 0.29) is 63.3 Å². The molecule has 0 atom stereocenters. The van der Waals surface area contributed by atoms with Crippen LogP contribution in [-0.2, 0) is 46.8 Å². The number of hydrogen-bond donors (Lipinski definition) is 3. The Bertz CT molecular complexity index is 1530. The Hall–Kier alpha value is -1.85. The average molecular weight is 721 g/mol. The first-order chi connectivity index (χ1) is 17.5. The molecule has 19 heteroatoms. The Morgan fingerprint density at radius 1 is 0.500 bits per heavy atom. The molecule has 0 aliphatic rings.